The summed E-state index contributed by atoms with van der Waals surface area (Å²) in [6, 6.07) is 16.7. The van der Waals surface area contributed by atoms with Crippen LogP contribution in [0.5, 0.6) is 11.5 Å². The van der Waals surface area contributed by atoms with E-state index in [0.717, 1.165) is 0 Å². The first-order valence-corrected chi connectivity index (χ1v) is 9.91. The number of carbonyl (C=O) groups excluding carboxylic acids is 2. The largest absolute Gasteiger partial charge is 0.496 e. The van der Waals surface area contributed by atoms with Crippen LogP contribution in [-0.4, -0.2) is 30.1 Å². The molecule has 0 spiro atoms. The Labute approximate surface area is 190 Å². The molecule has 3 aromatic carbocycles. The maximum atomic E-state index is 12.3. The van der Waals surface area contributed by atoms with Crippen LogP contribution in [-0.2, 0) is 0 Å². The molecule has 0 atom stereocenters. The standard InChI is InChI=1S/C22H16BrN3O6/c1-31-19-5-3-2-4-17(19)21(27)25-24-13-14-6-11-20(18(23)12-14)32-22(28)15-7-9-16(10-8-15)26(29)30/h2-13H,1H3,(H,25,27)/b24-13-. The Morgan fingerprint density at radius 1 is 1.06 bits per heavy atom. The van der Waals surface area contributed by atoms with E-state index >= 15 is 0 Å². The lowest BCUT2D eigenvalue weighted by Crippen LogP contribution is -2.18. The van der Waals surface area contributed by atoms with Crippen molar-refractivity contribution in [1.29, 1.82) is 0 Å². The van der Waals surface area contributed by atoms with Crippen LogP contribution in [0.4, 0.5) is 5.69 Å². The highest BCUT2D eigenvalue weighted by Crippen LogP contribution is 2.26. The van der Waals surface area contributed by atoms with Crippen molar-refractivity contribution >= 4 is 39.7 Å². The van der Waals surface area contributed by atoms with Gasteiger partial charge in [0.1, 0.15) is 11.5 Å². The quantitative estimate of drug-likeness (QED) is 0.170. The molecule has 0 saturated carbocycles. The van der Waals surface area contributed by atoms with E-state index in [1.165, 1.54) is 37.6 Å². The van der Waals surface area contributed by atoms with Gasteiger partial charge < -0.3 is 9.47 Å². The van der Waals surface area contributed by atoms with Crippen LogP contribution in [0.3, 0.4) is 0 Å². The minimum absolute atomic E-state index is 0.121. The van der Waals surface area contributed by atoms with Crippen LogP contribution in [0.25, 0.3) is 0 Å². The monoisotopic (exact) mass is 497 g/mol. The minimum Gasteiger partial charge on any atom is -0.496 e. The summed E-state index contributed by atoms with van der Waals surface area (Å²) >= 11 is 3.32. The van der Waals surface area contributed by atoms with Crippen molar-refractivity contribution in [2.45, 2.75) is 0 Å². The number of hydrazone groups is 1. The van der Waals surface area contributed by atoms with Gasteiger partial charge in [0, 0.05) is 12.1 Å². The number of amides is 1. The lowest BCUT2D eigenvalue weighted by molar-refractivity contribution is -0.384. The Balaban J connectivity index is 1.63. The number of halogens is 1. The van der Waals surface area contributed by atoms with E-state index in [1.807, 2.05) is 0 Å². The molecule has 3 aromatic rings. The van der Waals surface area contributed by atoms with Gasteiger partial charge in [-0.3, -0.25) is 14.9 Å². The van der Waals surface area contributed by atoms with Gasteiger partial charge in [-0.25, -0.2) is 10.2 Å². The van der Waals surface area contributed by atoms with Crippen molar-refractivity contribution in [2.75, 3.05) is 7.11 Å². The molecule has 0 fully saturated rings. The van der Waals surface area contributed by atoms with Crippen molar-refractivity contribution in [3.63, 3.8) is 0 Å². The zero-order chi connectivity index (χ0) is 23.1. The van der Waals surface area contributed by atoms with E-state index < -0.39 is 16.8 Å². The summed E-state index contributed by atoms with van der Waals surface area (Å²) in [4.78, 5) is 34.7. The van der Waals surface area contributed by atoms with E-state index in [0.29, 0.717) is 21.3 Å². The first-order chi connectivity index (χ1) is 15.4. The van der Waals surface area contributed by atoms with E-state index in [9.17, 15) is 19.7 Å². The van der Waals surface area contributed by atoms with Gasteiger partial charge in [0.2, 0.25) is 0 Å². The minimum atomic E-state index is -0.661. The molecule has 0 radical (unpaired) electrons. The van der Waals surface area contributed by atoms with E-state index in [1.54, 1.807) is 42.5 Å². The van der Waals surface area contributed by atoms with Crippen LogP contribution >= 0.6 is 15.9 Å². The molecule has 0 saturated heterocycles. The number of nitro groups is 1. The van der Waals surface area contributed by atoms with E-state index in [4.69, 9.17) is 9.47 Å². The van der Waals surface area contributed by atoms with Gasteiger partial charge in [-0.1, -0.05) is 12.1 Å². The third-order valence-electron chi connectivity index (χ3n) is 4.20. The lowest BCUT2D eigenvalue weighted by atomic mass is 10.2. The van der Waals surface area contributed by atoms with Crippen LogP contribution in [0.1, 0.15) is 26.3 Å². The average molecular weight is 498 g/mol. The molecule has 0 unspecified atom stereocenters. The fraction of sp³-hybridized carbons (Fsp3) is 0.0455. The summed E-state index contributed by atoms with van der Waals surface area (Å²) in [5, 5.41) is 14.6. The number of benzene rings is 3. The predicted octanol–water partition coefficient (Wildman–Crippen LogP) is 4.35. The molecule has 0 bridgehead atoms. The molecule has 0 aliphatic carbocycles. The number of rotatable bonds is 7. The topological polar surface area (TPSA) is 120 Å². The number of para-hydroxylation sites is 1. The average Bonchev–Trinajstić information content (AvgIpc) is 2.80. The Hall–Kier alpha value is -4.05. The highest BCUT2D eigenvalue weighted by molar-refractivity contribution is 9.10. The lowest BCUT2D eigenvalue weighted by Gasteiger charge is -2.07. The Kier molecular flexibility index (Phi) is 7.29. The van der Waals surface area contributed by atoms with Crippen molar-refractivity contribution in [3.05, 3.63) is 98.0 Å². The number of esters is 1. The third kappa shape index (κ3) is 5.55. The fourth-order valence-corrected chi connectivity index (χ4v) is 3.09. The number of carbonyl (C=O) groups is 2. The number of non-ortho nitro benzene ring substituents is 1. The van der Waals surface area contributed by atoms with Crippen LogP contribution in [0.15, 0.2) is 76.3 Å². The van der Waals surface area contributed by atoms with Crippen molar-refractivity contribution < 1.29 is 24.0 Å². The SMILES string of the molecule is COc1ccccc1C(=O)N/N=C\c1ccc(OC(=O)c2ccc([N+](=O)[O-])cc2)c(Br)c1. The second kappa shape index (κ2) is 10.3. The van der Waals surface area contributed by atoms with Gasteiger partial charge in [-0.2, -0.15) is 5.10 Å². The van der Waals surface area contributed by atoms with Gasteiger partial charge in [0.05, 0.1) is 33.8 Å². The van der Waals surface area contributed by atoms with Crippen LogP contribution < -0.4 is 14.9 Å². The summed E-state index contributed by atoms with van der Waals surface area (Å²) in [5.41, 5.74) is 3.46. The number of hydrogen-bond acceptors (Lipinski definition) is 7. The van der Waals surface area contributed by atoms with Gasteiger partial charge in [-0.05, 0) is 64.0 Å². The highest BCUT2D eigenvalue weighted by atomic mass is 79.9. The van der Waals surface area contributed by atoms with Gasteiger partial charge in [0.25, 0.3) is 11.6 Å². The van der Waals surface area contributed by atoms with Crippen molar-refractivity contribution in [3.8, 4) is 11.5 Å². The third-order valence-corrected chi connectivity index (χ3v) is 4.82. The number of nitrogens with one attached hydrogen (secondary N) is 1. The van der Waals surface area contributed by atoms with E-state index in [-0.39, 0.29) is 17.0 Å². The zero-order valence-corrected chi connectivity index (χ0v) is 18.2. The number of nitrogens with zero attached hydrogens (tertiary/aromatic N) is 2. The van der Waals surface area contributed by atoms with Gasteiger partial charge >= 0.3 is 5.97 Å². The molecular weight excluding hydrogens is 482 g/mol. The summed E-state index contributed by atoms with van der Waals surface area (Å²) in [6.45, 7) is 0. The summed E-state index contributed by atoms with van der Waals surface area (Å²) in [5.74, 6) is -0.400. The molecule has 0 aliphatic heterocycles. The molecular formula is C22H16BrN3O6. The second-order valence-corrected chi connectivity index (χ2v) is 7.14. The summed E-state index contributed by atoms with van der Waals surface area (Å²) < 4.78 is 11.0. The normalized spacial score (nSPS) is 10.6. The molecule has 0 aliphatic rings. The maximum Gasteiger partial charge on any atom is 0.343 e. The number of ether oxygens (including phenoxy) is 2. The summed E-state index contributed by atoms with van der Waals surface area (Å²) in [7, 11) is 1.48. The first kappa shape index (κ1) is 22.6. The zero-order valence-electron chi connectivity index (χ0n) is 16.7. The smallest absolute Gasteiger partial charge is 0.343 e. The molecule has 1 N–H and O–H groups in total. The molecule has 162 valence electrons. The molecule has 0 heterocycles. The number of nitro benzene ring substituents is 1. The van der Waals surface area contributed by atoms with Gasteiger partial charge in [0.15, 0.2) is 0 Å². The highest BCUT2D eigenvalue weighted by Gasteiger charge is 2.14. The molecule has 3 rings (SSSR count). The molecule has 9 nitrogen and oxygen atoms in total. The van der Waals surface area contributed by atoms with Crippen molar-refractivity contribution in [1.82, 2.24) is 5.43 Å². The molecule has 0 aromatic heterocycles. The Morgan fingerprint density at radius 3 is 2.44 bits per heavy atom. The fourth-order valence-electron chi connectivity index (χ4n) is 2.62. The number of methoxy groups -OCH3 is 1. The van der Waals surface area contributed by atoms with Gasteiger partial charge in [-0.15, -0.1) is 0 Å². The first-order valence-electron chi connectivity index (χ1n) is 9.11. The van der Waals surface area contributed by atoms with E-state index in [2.05, 4.69) is 26.5 Å². The van der Waals surface area contributed by atoms with Crippen LogP contribution in [0, 0.1) is 10.1 Å². The number of hydrogen-bond donors (Lipinski definition) is 1. The molecule has 10 heteroatoms. The summed E-state index contributed by atoms with van der Waals surface area (Å²) in [6.07, 6.45) is 1.43. The predicted molar refractivity (Wildman–Crippen MR) is 120 cm³/mol. The molecule has 32 heavy (non-hydrogen) atoms. The Morgan fingerprint density at radius 2 is 1.78 bits per heavy atom. The second-order valence-electron chi connectivity index (χ2n) is 6.28. The van der Waals surface area contributed by atoms with Crippen LogP contribution in [0.2, 0.25) is 0 Å². The maximum absolute atomic E-state index is 12.3. The molecule has 1 amide bonds. The van der Waals surface area contributed by atoms with Crippen molar-refractivity contribution in [2.24, 2.45) is 5.10 Å². The Bertz CT molecular complexity index is 1190.